The van der Waals surface area contributed by atoms with Gasteiger partial charge in [0.25, 0.3) is 0 Å². The Kier molecular flexibility index (Phi) is 6.43. The largest absolute Gasteiger partial charge is 0.399 e. The average Bonchev–Trinajstić information content (AvgIpc) is 3.24. The van der Waals surface area contributed by atoms with Gasteiger partial charge in [-0.25, -0.2) is 9.97 Å². The van der Waals surface area contributed by atoms with E-state index in [4.69, 9.17) is 10.7 Å². The maximum absolute atomic E-state index is 12.7. The number of amides is 1. The number of rotatable bonds is 6. The number of nitrogens with one attached hydrogen (secondary N) is 1. The number of benzene rings is 1. The van der Waals surface area contributed by atoms with E-state index in [0.29, 0.717) is 24.1 Å². The molecule has 2 aromatic rings. The number of nitrogens with zero attached hydrogens (tertiary/aromatic N) is 2. The van der Waals surface area contributed by atoms with E-state index in [2.05, 4.69) is 10.3 Å². The summed E-state index contributed by atoms with van der Waals surface area (Å²) in [6, 6.07) is 7.71. The number of nitrogen functional groups attached to an aromatic ring is 1. The zero-order valence-electron chi connectivity index (χ0n) is 17.2. The third-order valence-corrected chi connectivity index (χ3v) is 6.46. The highest BCUT2D eigenvalue weighted by atomic mass is 16.1. The lowest BCUT2D eigenvalue weighted by molar-refractivity contribution is -0.117. The molecule has 0 unspecified atom stereocenters. The van der Waals surface area contributed by atoms with Gasteiger partial charge in [-0.3, -0.25) is 4.79 Å². The van der Waals surface area contributed by atoms with Crippen LogP contribution in [-0.2, 0) is 11.2 Å². The van der Waals surface area contributed by atoms with Crippen molar-refractivity contribution in [2.75, 3.05) is 11.1 Å². The van der Waals surface area contributed by atoms with Crippen molar-refractivity contribution in [3.8, 4) is 11.3 Å². The predicted molar refractivity (Wildman–Crippen MR) is 117 cm³/mol. The Bertz CT molecular complexity index is 821. The van der Waals surface area contributed by atoms with Crippen molar-refractivity contribution in [1.29, 1.82) is 0 Å². The van der Waals surface area contributed by atoms with E-state index in [-0.39, 0.29) is 5.91 Å². The van der Waals surface area contributed by atoms with Crippen LogP contribution < -0.4 is 11.1 Å². The molecule has 0 aliphatic heterocycles. The van der Waals surface area contributed by atoms with Gasteiger partial charge in [-0.05, 0) is 43.2 Å². The Hall–Kier alpha value is -2.43. The highest BCUT2D eigenvalue weighted by molar-refractivity contribution is 5.90. The third-order valence-electron chi connectivity index (χ3n) is 6.46. The zero-order valence-corrected chi connectivity index (χ0v) is 17.2. The first-order chi connectivity index (χ1) is 14.2. The molecule has 29 heavy (non-hydrogen) atoms. The van der Waals surface area contributed by atoms with Crippen LogP contribution in [0.1, 0.15) is 69.9 Å². The minimum atomic E-state index is 0.0825. The van der Waals surface area contributed by atoms with Gasteiger partial charge < -0.3 is 11.1 Å². The summed E-state index contributed by atoms with van der Waals surface area (Å²) in [6.07, 6.45) is 14.5. The molecule has 0 saturated heterocycles. The Balaban J connectivity index is 1.52. The van der Waals surface area contributed by atoms with Gasteiger partial charge in [0.2, 0.25) is 5.91 Å². The second-order valence-corrected chi connectivity index (χ2v) is 8.78. The maximum Gasteiger partial charge on any atom is 0.225 e. The summed E-state index contributed by atoms with van der Waals surface area (Å²) in [5, 5.41) is 3.09. The first-order valence-corrected chi connectivity index (χ1v) is 11.2. The number of nitrogens with two attached hydrogens (primary N) is 1. The number of carbonyl (C=O) groups excluding carboxylic acids is 1. The summed E-state index contributed by atoms with van der Waals surface area (Å²) >= 11 is 0. The van der Waals surface area contributed by atoms with Crippen molar-refractivity contribution in [1.82, 2.24) is 9.97 Å². The summed E-state index contributed by atoms with van der Waals surface area (Å²) in [5.41, 5.74) is 9.31. The van der Waals surface area contributed by atoms with Crippen LogP contribution in [0.25, 0.3) is 11.3 Å². The highest BCUT2D eigenvalue weighted by Crippen LogP contribution is 2.31. The molecular weight excluding hydrogens is 360 g/mol. The summed E-state index contributed by atoms with van der Waals surface area (Å²) in [7, 11) is 0. The number of aromatic nitrogens is 2. The SMILES string of the molecule is Nc1ccc(-c2cnc(NC(=O)CC3CCCCC3)c(CC3CCCC3)n2)cc1. The predicted octanol–water partition coefficient (Wildman–Crippen LogP) is 5.37. The molecule has 1 aromatic heterocycles. The summed E-state index contributed by atoms with van der Waals surface area (Å²) in [4.78, 5) is 22.2. The van der Waals surface area contributed by atoms with Crippen molar-refractivity contribution in [2.24, 2.45) is 11.8 Å². The van der Waals surface area contributed by atoms with E-state index in [0.717, 1.165) is 29.1 Å². The van der Waals surface area contributed by atoms with Crippen molar-refractivity contribution < 1.29 is 4.79 Å². The Morgan fingerprint density at radius 1 is 0.966 bits per heavy atom. The maximum atomic E-state index is 12.7. The normalized spacial score (nSPS) is 18.1. The summed E-state index contributed by atoms with van der Waals surface area (Å²) < 4.78 is 0. The van der Waals surface area contributed by atoms with Crippen molar-refractivity contribution in [3.63, 3.8) is 0 Å². The van der Waals surface area contributed by atoms with E-state index in [9.17, 15) is 4.79 Å². The van der Waals surface area contributed by atoms with Gasteiger partial charge in [0.05, 0.1) is 17.6 Å². The molecule has 0 atom stereocenters. The minimum Gasteiger partial charge on any atom is -0.399 e. The standard InChI is InChI=1S/C24H32N4O/c25-20-12-10-19(11-13-20)22-16-26-24(21(27-22)14-17-8-4-5-9-17)28-23(29)15-18-6-2-1-3-7-18/h10-13,16-18H,1-9,14-15,25H2,(H,26,28,29). The molecule has 0 radical (unpaired) electrons. The molecular formula is C24H32N4O. The minimum absolute atomic E-state index is 0.0825. The van der Waals surface area contributed by atoms with Crippen LogP contribution in [0.2, 0.25) is 0 Å². The molecule has 1 heterocycles. The van der Waals surface area contributed by atoms with Crippen LogP contribution in [-0.4, -0.2) is 15.9 Å². The van der Waals surface area contributed by atoms with Crippen LogP contribution in [0.4, 0.5) is 11.5 Å². The smallest absolute Gasteiger partial charge is 0.225 e. The monoisotopic (exact) mass is 392 g/mol. The van der Waals surface area contributed by atoms with E-state index >= 15 is 0 Å². The molecule has 2 aliphatic carbocycles. The van der Waals surface area contributed by atoms with Gasteiger partial charge in [0.1, 0.15) is 0 Å². The molecule has 0 spiro atoms. The Morgan fingerprint density at radius 3 is 2.34 bits per heavy atom. The van der Waals surface area contributed by atoms with E-state index in [1.807, 2.05) is 24.3 Å². The van der Waals surface area contributed by atoms with Gasteiger partial charge in [0.15, 0.2) is 5.82 Å². The first kappa shape index (κ1) is 19.9. The lowest BCUT2D eigenvalue weighted by Gasteiger charge is -2.21. The van der Waals surface area contributed by atoms with Crippen LogP contribution >= 0.6 is 0 Å². The second-order valence-electron chi connectivity index (χ2n) is 8.78. The van der Waals surface area contributed by atoms with Gasteiger partial charge in [-0.1, -0.05) is 57.1 Å². The molecule has 3 N–H and O–H groups in total. The summed E-state index contributed by atoms with van der Waals surface area (Å²) in [5.74, 6) is 1.89. The highest BCUT2D eigenvalue weighted by Gasteiger charge is 2.22. The number of carbonyl (C=O) groups is 1. The second kappa shape index (κ2) is 9.38. The summed E-state index contributed by atoms with van der Waals surface area (Å²) in [6.45, 7) is 0. The lowest BCUT2D eigenvalue weighted by atomic mass is 9.87. The fraction of sp³-hybridized carbons (Fsp3) is 0.542. The molecule has 1 aromatic carbocycles. The third kappa shape index (κ3) is 5.34. The quantitative estimate of drug-likeness (QED) is 0.648. The van der Waals surface area contributed by atoms with Crippen molar-refractivity contribution >= 4 is 17.4 Å². The first-order valence-electron chi connectivity index (χ1n) is 11.2. The number of hydrogen-bond donors (Lipinski definition) is 2. The topological polar surface area (TPSA) is 80.9 Å². The molecule has 2 saturated carbocycles. The Morgan fingerprint density at radius 2 is 1.62 bits per heavy atom. The molecule has 1 amide bonds. The van der Waals surface area contributed by atoms with E-state index in [1.165, 1.54) is 57.8 Å². The number of anilines is 2. The van der Waals surface area contributed by atoms with Gasteiger partial charge in [0, 0.05) is 17.7 Å². The van der Waals surface area contributed by atoms with Crippen molar-refractivity contribution in [3.05, 3.63) is 36.2 Å². The van der Waals surface area contributed by atoms with Gasteiger partial charge in [-0.2, -0.15) is 0 Å². The van der Waals surface area contributed by atoms with Crippen LogP contribution in [0.3, 0.4) is 0 Å². The Labute approximate surface area is 173 Å². The zero-order chi connectivity index (χ0) is 20.1. The fourth-order valence-corrected chi connectivity index (χ4v) is 4.79. The molecule has 5 heteroatoms. The van der Waals surface area contributed by atoms with Crippen LogP contribution in [0.5, 0.6) is 0 Å². The number of hydrogen-bond acceptors (Lipinski definition) is 4. The van der Waals surface area contributed by atoms with Crippen LogP contribution in [0.15, 0.2) is 30.5 Å². The molecule has 154 valence electrons. The fourth-order valence-electron chi connectivity index (χ4n) is 4.79. The van der Waals surface area contributed by atoms with Crippen LogP contribution in [0, 0.1) is 11.8 Å². The molecule has 5 nitrogen and oxygen atoms in total. The lowest BCUT2D eigenvalue weighted by Crippen LogP contribution is -2.20. The molecule has 4 rings (SSSR count). The molecule has 2 aliphatic rings. The van der Waals surface area contributed by atoms with E-state index < -0.39 is 0 Å². The molecule has 0 bridgehead atoms. The molecule has 2 fully saturated rings. The van der Waals surface area contributed by atoms with E-state index in [1.54, 1.807) is 6.20 Å². The van der Waals surface area contributed by atoms with Crippen molar-refractivity contribution in [2.45, 2.75) is 70.6 Å². The van der Waals surface area contributed by atoms with Gasteiger partial charge in [-0.15, -0.1) is 0 Å². The van der Waals surface area contributed by atoms with Gasteiger partial charge >= 0.3 is 0 Å². The average molecular weight is 393 g/mol.